The van der Waals surface area contributed by atoms with Crippen molar-refractivity contribution in [1.29, 1.82) is 0 Å². The highest BCUT2D eigenvalue weighted by Gasteiger charge is 2.31. The molecule has 0 saturated heterocycles. The summed E-state index contributed by atoms with van der Waals surface area (Å²) in [6, 6.07) is 4.85. The van der Waals surface area contributed by atoms with Gasteiger partial charge in [0.05, 0.1) is 17.7 Å². The van der Waals surface area contributed by atoms with Crippen molar-refractivity contribution in [2.75, 3.05) is 13.2 Å². The van der Waals surface area contributed by atoms with Gasteiger partial charge in [-0.1, -0.05) is 12.1 Å². The van der Waals surface area contributed by atoms with Gasteiger partial charge in [-0.3, -0.25) is 0 Å². The molecule has 2 N–H and O–H groups in total. The summed E-state index contributed by atoms with van der Waals surface area (Å²) in [5.74, 6) is 0. The maximum Gasteiger partial charge on any atom is 0.416 e. The zero-order chi connectivity index (χ0) is 13.1. The summed E-state index contributed by atoms with van der Waals surface area (Å²) in [7, 11) is 0. The van der Waals surface area contributed by atoms with Crippen molar-refractivity contribution in [2.24, 2.45) is 5.73 Å². The van der Waals surface area contributed by atoms with Crippen molar-refractivity contribution in [3.8, 4) is 0 Å². The molecular formula is C12H16F3NO. The predicted molar refractivity (Wildman–Crippen MR) is 59.5 cm³/mol. The van der Waals surface area contributed by atoms with Crippen LogP contribution in [0.1, 0.15) is 25.0 Å². The number of rotatable bonds is 4. The minimum Gasteiger partial charge on any atom is -0.379 e. The molecule has 1 aromatic carbocycles. The predicted octanol–water partition coefficient (Wildman–Crippen LogP) is 2.92. The lowest BCUT2D eigenvalue weighted by atomic mass is 9.93. The summed E-state index contributed by atoms with van der Waals surface area (Å²) in [6.45, 7) is 4.36. The van der Waals surface area contributed by atoms with E-state index in [-0.39, 0.29) is 6.61 Å². The van der Waals surface area contributed by atoms with E-state index in [2.05, 4.69) is 0 Å². The maximum absolute atomic E-state index is 12.4. The number of ether oxygens (including phenoxy) is 1. The van der Waals surface area contributed by atoms with E-state index in [0.29, 0.717) is 12.2 Å². The summed E-state index contributed by atoms with van der Waals surface area (Å²) in [4.78, 5) is 0. The van der Waals surface area contributed by atoms with Gasteiger partial charge in [-0.05, 0) is 31.5 Å². The van der Waals surface area contributed by atoms with Crippen LogP contribution in [0.25, 0.3) is 0 Å². The van der Waals surface area contributed by atoms with Gasteiger partial charge in [0, 0.05) is 6.61 Å². The first kappa shape index (κ1) is 14.0. The Bertz CT molecular complexity index is 357. The van der Waals surface area contributed by atoms with E-state index in [1.54, 1.807) is 6.92 Å². The Kier molecular flexibility index (Phi) is 4.16. The quantitative estimate of drug-likeness (QED) is 0.887. The van der Waals surface area contributed by atoms with Crippen molar-refractivity contribution < 1.29 is 17.9 Å². The molecule has 1 unspecified atom stereocenters. The summed E-state index contributed by atoms with van der Waals surface area (Å²) >= 11 is 0. The molecule has 1 rings (SSSR count). The van der Waals surface area contributed by atoms with Crippen LogP contribution in [0, 0.1) is 0 Å². The van der Waals surface area contributed by atoms with E-state index in [1.807, 2.05) is 6.92 Å². The first-order chi connectivity index (χ1) is 7.77. The van der Waals surface area contributed by atoms with E-state index in [1.165, 1.54) is 12.1 Å². The molecule has 1 atom stereocenters. The van der Waals surface area contributed by atoms with Crippen LogP contribution in [-0.4, -0.2) is 13.2 Å². The van der Waals surface area contributed by atoms with E-state index < -0.39 is 17.3 Å². The fourth-order valence-corrected chi connectivity index (χ4v) is 1.44. The van der Waals surface area contributed by atoms with E-state index >= 15 is 0 Å². The van der Waals surface area contributed by atoms with Gasteiger partial charge in [0.1, 0.15) is 0 Å². The minimum absolute atomic E-state index is 0.273. The van der Waals surface area contributed by atoms with Crippen LogP contribution in [0.4, 0.5) is 13.2 Å². The number of hydrogen-bond donors (Lipinski definition) is 1. The largest absolute Gasteiger partial charge is 0.416 e. The SMILES string of the molecule is CCOCC(C)(N)c1ccc(C(F)(F)F)cc1. The third-order valence-electron chi connectivity index (χ3n) is 2.48. The number of alkyl halides is 3. The Morgan fingerprint density at radius 3 is 2.00 bits per heavy atom. The Morgan fingerprint density at radius 1 is 1.12 bits per heavy atom. The van der Waals surface area contributed by atoms with Crippen molar-refractivity contribution in [1.82, 2.24) is 0 Å². The van der Waals surface area contributed by atoms with Crippen LogP contribution in [0.3, 0.4) is 0 Å². The molecule has 17 heavy (non-hydrogen) atoms. The van der Waals surface area contributed by atoms with Gasteiger partial charge in [0.25, 0.3) is 0 Å². The molecule has 0 aliphatic carbocycles. The van der Waals surface area contributed by atoms with Crippen molar-refractivity contribution in [2.45, 2.75) is 25.6 Å². The fourth-order valence-electron chi connectivity index (χ4n) is 1.44. The minimum atomic E-state index is -4.32. The van der Waals surface area contributed by atoms with E-state index in [4.69, 9.17) is 10.5 Å². The van der Waals surface area contributed by atoms with Gasteiger partial charge >= 0.3 is 6.18 Å². The van der Waals surface area contributed by atoms with E-state index in [0.717, 1.165) is 12.1 Å². The molecule has 0 saturated carbocycles. The van der Waals surface area contributed by atoms with Gasteiger partial charge < -0.3 is 10.5 Å². The molecule has 0 aliphatic rings. The van der Waals surface area contributed by atoms with Crippen LogP contribution < -0.4 is 5.73 Å². The van der Waals surface area contributed by atoms with Gasteiger partial charge in [-0.15, -0.1) is 0 Å². The fraction of sp³-hybridized carbons (Fsp3) is 0.500. The maximum atomic E-state index is 12.4. The molecular weight excluding hydrogens is 231 g/mol. The van der Waals surface area contributed by atoms with Crippen LogP contribution in [0.5, 0.6) is 0 Å². The van der Waals surface area contributed by atoms with Crippen LogP contribution >= 0.6 is 0 Å². The Morgan fingerprint density at radius 2 is 1.59 bits per heavy atom. The molecule has 5 heteroatoms. The topological polar surface area (TPSA) is 35.2 Å². The third-order valence-corrected chi connectivity index (χ3v) is 2.48. The molecule has 0 spiro atoms. The molecule has 96 valence electrons. The Hall–Kier alpha value is -1.07. The second-order valence-electron chi connectivity index (χ2n) is 4.13. The molecule has 0 heterocycles. The lowest BCUT2D eigenvalue weighted by Crippen LogP contribution is -2.38. The molecule has 2 nitrogen and oxygen atoms in total. The Labute approximate surface area is 98.6 Å². The monoisotopic (exact) mass is 247 g/mol. The van der Waals surface area contributed by atoms with Crippen molar-refractivity contribution >= 4 is 0 Å². The van der Waals surface area contributed by atoms with Crippen molar-refractivity contribution in [3.05, 3.63) is 35.4 Å². The summed E-state index contributed by atoms with van der Waals surface area (Å²) in [5, 5.41) is 0. The smallest absolute Gasteiger partial charge is 0.379 e. The zero-order valence-electron chi connectivity index (χ0n) is 9.84. The van der Waals surface area contributed by atoms with Gasteiger partial charge in [-0.25, -0.2) is 0 Å². The first-order valence-corrected chi connectivity index (χ1v) is 5.31. The highest BCUT2D eigenvalue weighted by Crippen LogP contribution is 2.30. The van der Waals surface area contributed by atoms with Gasteiger partial charge in [0.2, 0.25) is 0 Å². The molecule has 0 aliphatic heterocycles. The molecule has 1 aromatic rings. The number of halogens is 3. The normalized spacial score (nSPS) is 15.6. The number of nitrogens with two attached hydrogens (primary N) is 1. The van der Waals surface area contributed by atoms with Crippen LogP contribution in [0.2, 0.25) is 0 Å². The lowest BCUT2D eigenvalue weighted by Gasteiger charge is -2.25. The molecule has 0 amide bonds. The van der Waals surface area contributed by atoms with Gasteiger partial charge in [-0.2, -0.15) is 13.2 Å². The average molecular weight is 247 g/mol. The van der Waals surface area contributed by atoms with Gasteiger partial charge in [0.15, 0.2) is 0 Å². The van der Waals surface area contributed by atoms with Crippen LogP contribution in [0.15, 0.2) is 24.3 Å². The standard InChI is InChI=1S/C12H16F3NO/c1-3-17-8-11(2,16)9-4-6-10(7-5-9)12(13,14)15/h4-7H,3,8,16H2,1-2H3. The highest BCUT2D eigenvalue weighted by atomic mass is 19.4. The molecule has 0 aromatic heterocycles. The summed E-state index contributed by atoms with van der Waals surface area (Å²) in [6.07, 6.45) is -4.32. The summed E-state index contributed by atoms with van der Waals surface area (Å²) in [5.41, 5.74) is 5.15. The summed E-state index contributed by atoms with van der Waals surface area (Å²) < 4.78 is 42.3. The van der Waals surface area contributed by atoms with Crippen molar-refractivity contribution in [3.63, 3.8) is 0 Å². The third kappa shape index (κ3) is 3.71. The second-order valence-corrected chi connectivity index (χ2v) is 4.13. The Balaban J connectivity index is 2.87. The number of benzene rings is 1. The molecule has 0 bridgehead atoms. The second kappa shape index (κ2) is 5.06. The molecule has 0 fully saturated rings. The lowest BCUT2D eigenvalue weighted by molar-refractivity contribution is -0.137. The first-order valence-electron chi connectivity index (χ1n) is 5.31. The highest BCUT2D eigenvalue weighted by molar-refractivity contribution is 5.29. The average Bonchev–Trinajstić information content (AvgIpc) is 2.25. The molecule has 0 radical (unpaired) electrons. The zero-order valence-corrected chi connectivity index (χ0v) is 9.84. The van der Waals surface area contributed by atoms with E-state index in [9.17, 15) is 13.2 Å². The van der Waals surface area contributed by atoms with Crippen LogP contribution in [-0.2, 0) is 16.5 Å². The number of hydrogen-bond acceptors (Lipinski definition) is 2.